The van der Waals surface area contributed by atoms with Crippen LogP contribution in [-0.2, 0) is 65.4 Å². The normalized spacial score (nSPS) is 15.1. The van der Waals surface area contributed by atoms with Crippen molar-refractivity contribution in [3.63, 3.8) is 0 Å². The largest absolute Gasteiger partial charge is 0.472 e. The van der Waals surface area contributed by atoms with Crippen LogP contribution in [0, 0.1) is 0 Å². The lowest BCUT2D eigenvalue weighted by Gasteiger charge is -2.21. The van der Waals surface area contributed by atoms with E-state index >= 15 is 0 Å². The van der Waals surface area contributed by atoms with Gasteiger partial charge in [0.15, 0.2) is 12.2 Å². The Bertz CT molecular complexity index is 2930. The van der Waals surface area contributed by atoms with Gasteiger partial charge in [-0.05, 0) is 167 Å². The summed E-state index contributed by atoms with van der Waals surface area (Å²) in [5.41, 5.74) is 0. The van der Waals surface area contributed by atoms with Gasteiger partial charge in [-0.15, -0.1) is 0 Å². The summed E-state index contributed by atoms with van der Waals surface area (Å²) < 4.78 is 68.3. The van der Waals surface area contributed by atoms with E-state index in [2.05, 4.69) is 210 Å². The van der Waals surface area contributed by atoms with Gasteiger partial charge in [0.1, 0.15) is 19.3 Å². The van der Waals surface area contributed by atoms with E-state index in [4.69, 9.17) is 37.0 Å². The van der Waals surface area contributed by atoms with Crippen LogP contribution in [0.15, 0.2) is 231 Å². The number of hydrogen-bond acceptors (Lipinski definition) is 15. The summed E-state index contributed by atoms with van der Waals surface area (Å²) in [5.74, 6) is -2.52. The maximum Gasteiger partial charge on any atom is 0.472 e. The highest BCUT2D eigenvalue weighted by Gasteiger charge is 2.30. The Labute approximate surface area is 638 Å². The lowest BCUT2D eigenvalue weighted by molar-refractivity contribution is -0.161. The van der Waals surface area contributed by atoms with E-state index in [1.165, 1.54) is 0 Å². The molecule has 592 valence electrons. The Hall–Kier alpha value is -6.88. The zero-order valence-electron chi connectivity index (χ0n) is 64.5. The number of rotatable bonds is 69. The highest BCUT2D eigenvalue weighted by Crippen LogP contribution is 2.45. The molecule has 17 nitrogen and oxygen atoms in total. The van der Waals surface area contributed by atoms with Gasteiger partial charge in [0.2, 0.25) is 0 Å². The predicted molar refractivity (Wildman–Crippen MR) is 435 cm³/mol. The molecule has 0 spiro atoms. The smallest absolute Gasteiger partial charge is 0.462 e. The summed E-state index contributed by atoms with van der Waals surface area (Å²) in [7, 11) is -10.1. The van der Waals surface area contributed by atoms with Crippen molar-refractivity contribution in [2.75, 3.05) is 39.6 Å². The predicted octanol–water partition coefficient (Wildman–Crippen LogP) is 22.7. The van der Waals surface area contributed by atoms with Crippen LogP contribution in [0.25, 0.3) is 0 Å². The molecular weight excluding hydrogens is 1380 g/mol. The van der Waals surface area contributed by atoms with E-state index < -0.39 is 97.5 Å². The Morgan fingerprint density at radius 2 is 0.509 bits per heavy atom. The average molecular weight is 1510 g/mol. The highest BCUT2D eigenvalue weighted by atomic mass is 31.2. The quantitative estimate of drug-likeness (QED) is 0.0169. The lowest BCUT2D eigenvalue weighted by Crippen LogP contribution is -2.30. The zero-order valence-corrected chi connectivity index (χ0v) is 66.3. The number of allylic oxidation sites excluding steroid dienone is 37. The Morgan fingerprint density at radius 1 is 0.274 bits per heavy atom. The fraction of sp³-hybridized carbons (Fsp3) is 0.517. The standard InChI is InChI=1S/C87H132O17P2/c1-5-9-13-17-21-25-29-33-37-40-44-47-51-55-59-63-67-71-84(89)97-77-82(103-86(91)73-69-65-61-57-53-49-43-36-32-28-24-20-16-12-8-4)79-101-105(93,94)99-75-81(88)76-100-106(95,96)102-80-83(104-87(92)74-70-66-62-58-54-50-46-42-39-35-31-27-23-19-15-11-7-3)78-98-85(90)72-68-64-60-56-52-48-45-41-38-34-30-26-22-18-14-10-6-2/h9-16,21-28,33-39,43-48,50,53,56-58,60,62,65,69,81-83,88H,5-8,17-20,29-32,40-42,49,51-52,54-55,59,61,63-64,66-68,70-80H2,1-4H3,(H,93,94)(H,95,96)/b13-9-,14-10-,15-11-,16-12-,25-21-,26-22-,27-23-,28-24-,37-33-,38-34-,39-35-,43-36-,47-44-,48-45-,50-46-,57-53-,60-56-,62-58-,69-65-. The summed E-state index contributed by atoms with van der Waals surface area (Å²) in [5, 5.41) is 10.6. The Morgan fingerprint density at radius 3 is 0.821 bits per heavy atom. The van der Waals surface area contributed by atoms with Gasteiger partial charge in [-0.1, -0.05) is 271 Å². The molecule has 0 amide bonds. The van der Waals surface area contributed by atoms with Gasteiger partial charge in [0.25, 0.3) is 0 Å². The molecule has 3 N–H and O–H groups in total. The molecule has 0 aromatic heterocycles. The molecule has 5 unspecified atom stereocenters. The van der Waals surface area contributed by atoms with Gasteiger partial charge in [0, 0.05) is 19.3 Å². The molecule has 0 radical (unpaired) electrons. The highest BCUT2D eigenvalue weighted by molar-refractivity contribution is 7.47. The van der Waals surface area contributed by atoms with Crippen LogP contribution >= 0.6 is 15.6 Å². The number of carbonyl (C=O) groups is 4. The molecule has 0 saturated heterocycles. The van der Waals surface area contributed by atoms with Crippen molar-refractivity contribution < 1.29 is 80.2 Å². The first-order valence-corrected chi connectivity index (χ1v) is 41.6. The van der Waals surface area contributed by atoms with Gasteiger partial charge in [-0.25, -0.2) is 9.13 Å². The van der Waals surface area contributed by atoms with Gasteiger partial charge >= 0.3 is 39.5 Å². The number of hydrogen-bond donors (Lipinski definition) is 3. The fourth-order valence-corrected chi connectivity index (χ4v) is 10.5. The van der Waals surface area contributed by atoms with E-state index in [0.717, 1.165) is 141 Å². The van der Waals surface area contributed by atoms with E-state index in [9.17, 15) is 43.2 Å². The number of phosphoric ester groups is 2. The number of ether oxygens (including phenoxy) is 4. The summed E-state index contributed by atoms with van der Waals surface area (Å²) in [4.78, 5) is 72.9. The van der Waals surface area contributed by atoms with Gasteiger partial charge < -0.3 is 33.8 Å². The molecule has 0 fully saturated rings. The molecule has 0 aliphatic carbocycles. The van der Waals surface area contributed by atoms with Crippen LogP contribution in [0.2, 0.25) is 0 Å². The third-order valence-corrected chi connectivity index (χ3v) is 16.5. The van der Waals surface area contributed by atoms with Crippen LogP contribution in [0.4, 0.5) is 0 Å². The van der Waals surface area contributed by atoms with Gasteiger partial charge in [0.05, 0.1) is 32.8 Å². The minimum absolute atomic E-state index is 0.00965. The molecule has 0 bridgehead atoms. The third kappa shape index (κ3) is 75.4. The summed E-state index contributed by atoms with van der Waals surface area (Å²) in [6, 6.07) is 0. The van der Waals surface area contributed by atoms with Crippen molar-refractivity contribution in [1.29, 1.82) is 0 Å². The first-order chi connectivity index (χ1) is 51.7. The lowest BCUT2D eigenvalue weighted by atomic mass is 10.1. The van der Waals surface area contributed by atoms with E-state index in [1.807, 2.05) is 36.5 Å². The maximum atomic E-state index is 13.1. The van der Waals surface area contributed by atoms with Gasteiger partial charge in [-0.2, -0.15) is 0 Å². The number of aliphatic hydroxyl groups excluding tert-OH is 1. The SMILES string of the molecule is CC/C=C\C/C=C\C/C=C\C/C=C\C/C=C\CCCC(=O)OCC(COP(=O)(O)OCC(O)COP(=O)(O)OCC(COC(=O)CCCCCC/C=C\C/C=C\C/C=C\C/C=C\CC)OC(=O)C/C=C\C/C=C\C/C=C\C/C=C\C/C=C\CC)OC(=O)CCC/C=C\C/C=C\C/C=C\C/C=C\C/C=C\CC. The molecule has 0 aromatic carbocycles. The molecule has 0 aliphatic heterocycles. The second-order valence-electron chi connectivity index (χ2n) is 24.4. The Kier molecular flexibility index (Phi) is 71.4. The molecule has 0 aliphatic rings. The third-order valence-electron chi connectivity index (χ3n) is 14.6. The first-order valence-electron chi connectivity index (χ1n) is 38.6. The van der Waals surface area contributed by atoms with Crippen molar-refractivity contribution in [2.24, 2.45) is 0 Å². The first kappa shape index (κ1) is 99.1. The number of carbonyl (C=O) groups excluding carboxylic acids is 4. The van der Waals surface area contributed by atoms with Crippen LogP contribution < -0.4 is 0 Å². The minimum Gasteiger partial charge on any atom is -0.462 e. The molecule has 0 rings (SSSR count). The number of esters is 4. The summed E-state index contributed by atoms with van der Waals surface area (Å²) in [6.07, 6.45) is 98.0. The van der Waals surface area contributed by atoms with Crippen LogP contribution in [0.3, 0.4) is 0 Å². The topological polar surface area (TPSA) is 237 Å². The molecular formula is C87H132O17P2. The number of unbranched alkanes of at least 4 members (excludes halogenated alkanes) is 6. The second kappa shape index (κ2) is 76.3. The Balaban J connectivity index is 5.60. The molecule has 106 heavy (non-hydrogen) atoms. The average Bonchev–Trinajstić information content (AvgIpc) is 0.902. The van der Waals surface area contributed by atoms with E-state index in [1.54, 1.807) is 12.2 Å². The fourth-order valence-electron chi connectivity index (χ4n) is 8.94. The monoisotopic (exact) mass is 1510 g/mol. The van der Waals surface area contributed by atoms with E-state index in [-0.39, 0.29) is 25.7 Å². The summed E-state index contributed by atoms with van der Waals surface area (Å²) in [6.45, 7) is 4.08. The molecule has 5 atom stereocenters. The molecule has 19 heteroatoms. The van der Waals surface area contributed by atoms with Crippen LogP contribution in [0.1, 0.15) is 233 Å². The van der Waals surface area contributed by atoms with Crippen molar-refractivity contribution >= 4 is 39.5 Å². The molecule has 0 aromatic rings. The number of aliphatic hydroxyl groups is 1. The molecule has 0 saturated carbocycles. The van der Waals surface area contributed by atoms with Crippen molar-refractivity contribution in [1.82, 2.24) is 0 Å². The molecule has 0 heterocycles. The van der Waals surface area contributed by atoms with Crippen molar-refractivity contribution in [2.45, 2.75) is 251 Å². The van der Waals surface area contributed by atoms with Crippen LogP contribution in [-0.4, -0.2) is 96.7 Å². The van der Waals surface area contributed by atoms with E-state index in [0.29, 0.717) is 38.5 Å². The number of phosphoric acid groups is 2. The van der Waals surface area contributed by atoms with Crippen LogP contribution in [0.5, 0.6) is 0 Å². The second-order valence-corrected chi connectivity index (χ2v) is 27.3. The van der Waals surface area contributed by atoms with Crippen molar-refractivity contribution in [3.8, 4) is 0 Å². The minimum atomic E-state index is -5.03. The van der Waals surface area contributed by atoms with Crippen molar-refractivity contribution in [3.05, 3.63) is 231 Å². The maximum absolute atomic E-state index is 13.1. The summed E-state index contributed by atoms with van der Waals surface area (Å²) >= 11 is 0. The zero-order chi connectivity index (χ0) is 77.4. The van der Waals surface area contributed by atoms with Gasteiger partial charge in [-0.3, -0.25) is 37.3 Å².